The van der Waals surface area contributed by atoms with E-state index in [4.69, 9.17) is 4.42 Å². The van der Waals surface area contributed by atoms with Crippen LogP contribution in [-0.2, 0) is 14.6 Å². The van der Waals surface area contributed by atoms with Crippen molar-refractivity contribution in [2.45, 2.75) is 10.1 Å². The summed E-state index contributed by atoms with van der Waals surface area (Å²) in [6.07, 6.45) is 4.24. The molecular weight excluding hydrogens is 381 g/mol. The van der Waals surface area contributed by atoms with Crippen LogP contribution >= 0.6 is 0 Å². The molecule has 0 saturated carbocycles. The molecule has 3 aromatic rings. The Morgan fingerprint density at radius 3 is 2.39 bits per heavy atom. The molecule has 5 nitrogen and oxygen atoms in total. The largest absolute Gasteiger partial charge is 0.465 e. The molecular formula is C21H18FNO4S. The number of furan rings is 1. The van der Waals surface area contributed by atoms with Crippen molar-refractivity contribution < 1.29 is 22.0 Å². The second-order valence-corrected chi connectivity index (χ2v) is 8.12. The topological polar surface area (TPSA) is 76.4 Å². The van der Waals surface area contributed by atoms with Crippen molar-refractivity contribution in [3.63, 3.8) is 0 Å². The molecule has 1 heterocycles. The first-order valence-electron chi connectivity index (χ1n) is 8.50. The van der Waals surface area contributed by atoms with Gasteiger partial charge in [-0.05, 0) is 48.0 Å². The standard InChI is InChI=1S/C21H18FNO4S/c22-17-8-11-19(12-9-17)28(25,26)20(16-5-2-1-3-6-16)15-23-21(24)13-10-18-7-4-14-27-18/h1-14,20H,15H2,(H,23,24)/b13-10+. The van der Waals surface area contributed by atoms with E-state index in [9.17, 15) is 17.6 Å². The van der Waals surface area contributed by atoms with Crippen LogP contribution in [0.15, 0.2) is 88.4 Å². The minimum absolute atomic E-state index is 0.0110. The van der Waals surface area contributed by atoms with Gasteiger partial charge in [0.1, 0.15) is 16.8 Å². The van der Waals surface area contributed by atoms with Crippen molar-refractivity contribution >= 4 is 21.8 Å². The SMILES string of the molecule is O=C(/C=C/c1ccco1)NCC(c1ccccc1)S(=O)(=O)c1ccc(F)cc1. The third kappa shape index (κ3) is 4.75. The van der Waals surface area contributed by atoms with Crippen LogP contribution in [0.1, 0.15) is 16.6 Å². The highest BCUT2D eigenvalue weighted by Gasteiger charge is 2.29. The molecule has 0 bridgehead atoms. The monoisotopic (exact) mass is 399 g/mol. The maximum Gasteiger partial charge on any atom is 0.244 e. The van der Waals surface area contributed by atoms with Gasteiger partial charge in [-0.25, -0.2) is 12.8 Å². The first kappa shape index (κ1) is 19.6. The van der Waals surface area contributed by atoms with Gasteiger partial charge < -0.3 is 9.73 Å². The summed E-state index contributed by atoms with van der Waals surface area (Å²) >= 11 is 0. The maximum absolute atomic E-state index is 13.2. The molecule has 1 N–H and O–H groups in total. The van der Waals surface area contributed by atoms with Gasteiger partial charge in [0.25, 0.3) is 0 Å². The smallest absolute Gasteiger partial charge is 0.244 e. The molecule has 1 unspecified atom stereocenters. The van der Waals surface area contributed by atoms with Gasteiger partial charge in [-0.3, -0.25) is 4.79 Å². The molecule has 0 fully saturated rings. The van der Waals surface area contributed by atoms with Crippen LogP contribution in [0.4, 0.5) is 4.39 Å². The fourth-order valence-electron chi connectivity index (χ4n) is 2.66. The quantitative estimate of drug-likeness (QED) is 0.485. The highest BCUT2D eigenvalue weighted by Crippen LogP contribution is 2.28. The van der Waals surface area contributed by atoms with Crippen LogP contribution in [0.25, 0.3) is 6.08 Å². The van der Waals surface area contributed by atoms with E-state index >= 15 is 0 Å². The molecule has 0 aliphatic heterocycles. The molecule has 0 saturated heterocycles. The van der Waals surface area contributed by atoms with Gasteiger partial charge in [0.15, 0.2) is 9.84 Å². The number of hydrogen-bond acceptors (Lipinski definition) is 4. The van der Waals surface area contributed by atoms with E-state index in [-0.39, 0.29) is 11.4 Å². The van der Waals surface area contributed by atoms with Crippen molar-refractivity contribution in [1.82, 2.24) is 5.32 Å². The Kier molecular flexibility index (Phi) is 6.06. The Morgan fingerprint density at radius 1 is 1.04 bits per heavy atom. The first-order chi connectivity index (χ1) is 13.5. The van der Waals surface area contributed by atoms with Crippen molar-refractivity contribution in [3.05, 3.63) is 96.2 Å². The lowest BCUT2D eigenvalue weighted by molar-refractivity contribution is -0.116. The fourth-order valence-corrected chi connectivity index (χ4v) is 4.32. The number of benzene rings is 2. The summed E-state index contributed by atoms with van der Waals surface area (Å²) in [7, 11) is -3.85. The minimum Gasteiger partial charge on any atom is -0.465 e. The molecule has 0 aliphatic rings. The van der Waals surface area contributed by atoms with Crippen molar-refractivity contribution in [1.29, 1.82) is 0 Å². The van der Waals surface area contributed by atoms with Crippen molar-refractivity contribution in [2.75, 3.05) is 6.54 Å². The number of halogens is 1. The Hall–Kier alpha value is -3.19. The predicted molar refractivity (Wildman–Crippen MR) is 104 cm³/mol. The number of amides is 1. The molecule has 0 spiro atoms. The van der Waals surface area contributed by atoms with Crippen LogP contribution in [-0.4, -0.2) is 20.9 Å². The fraction of sp³-hybridized carbons (Fsp3) is 0.0952. The molecule has 7 heteroatoms. The summed E-state index contributed by atoms with van der Waals surface area (Å²) in [6, 6.07) is 16.6. The lowest BCUT2D eigenvalue weighted by Crippen LogP contribution is -2.30. The summed E-state index contributed by atoms with van der Waals surface area (Å²) in [6.45, 7) is -0.134. The summed E-state index contributed by atoms with van der Waals surface area (Å²) in [5.74, 6) is -0.466. The molecule has 0 aliphatic carbocycles. The third-order valence-corrected chi connectivity index (χ3v) is 6.21. The highest BCUT2D eigenvalue weighted by molar-refractivity contribution is 7.91. The van der Waals surface area contributed by atoms with E-state index in [1.807, 2.05) is 0 Å². The number of carbonyl (C=O) groups is 1. The second kappa shape index (κ2) is 8.67. The molecule has 0 radical (unpaired) electrons. The van der Waals surface area contributed by atoms with Crippen molar-refractivity contribution in [3.8, 4) is 0 Å². The number of hydrogen-bond donors (Lipinski definition) is 1. The molecule has 1 atom stereocenters. The molecule has 2 aromatic carbocycles. The van der Waals surface area contributed by atoms with Crippen LogP contribution in [0.5, 0.6) is 0 Å². The van der Waals surface area contributed by atoms with Gasteiger partial charge in [-0.2, -0.15) is 0 Å². The van der Waals surface area contributed by atoms with E-state index in [1.165, 1.54) is 30.5 Å². The summed E-state index contributed by atoms with van der Waals surface area (Å²) in [5.41, 5.74) is 0.530. The summed E-state index contributed by atoms with van der Waals surface area (Å²) < 4.78 is 44.5. The predicted octanol–water partition coefficient (Wildman–Crippen LogP) is 3.76. The lowest BCUT2D eigenvalue weighted by atomic mass is 10.1. The van der Waals surface area contributed by atoms with Crippen LogP contribution in [0.3, 0.4) is 0 Å². The van der Waals surface area contributed by atoms with E-state index in [2.05, 4.69) is 5.32 Å². The molecule has 1 amide bonds. The van der Waals surface area contributed by atoms with E-state index in [0.29, 0.717) is 11.3 Å². The van der Waals surface area contributed by atoms with Gasteiger partial charge in [-0.15, -0.1) is 0 Å². The average molecular weight is 399 g/mol. The van der Waals surface area contributed by atoms with E-state index < -0.39 is 26.8 Å². The van der Waals surface area contributed by atoms with Crippen LogP contribution in [0.2, 0.25) is 0 Å². The van der Waals surface area contributed by atoms with Crippen LogP contribution < -0.4 is 5.32 Å². The normalized spacial score (nSPS) is 12.8. The van der Waals surface area contributed by atoms with Gasteiger partial charge in [0, 0.05) is 12.6 Å². The van der Waals surface area contributed by atoms with Gasteiger partial charge in [0.2, 0.25) is 5.91 Å². The highest BCUT2D eigenvalue weighted by atomic mass is 32.2. The molecule has 144 valence electrons. The Bertz CT molecular complexity index is 1040. The molecule has 28 heavy (non-hydrogen) atoms. The van der Waals surface area contributed by atoms with E-state index in [0.717, 1.165) is 12.1 Å². The first-order valence-corrected chi connectivity index (χ1v) is 10.1. The van der Waals surface area contributed by atoms with Gasteiger partial charge in [-0.1, -0.05) is 30.3 Å². The second-order valence-electron chi connectivity index (χ2n) is 5.99. The average Bonchev–Trinajstić information content (AvgIpc) is 3.21. The number of carbonyl (C=O) groups excluding carboxylic acids is 1. The summed E-state index contributed by atoms with van der Waals surface area (Å²) in [5, 5.41) is 1.60. The minimum atomic E-state index is -3.85. The number of rotatable bonds is 7. The van der Waals surface area contributed by atoms with Crippen LogP contribution in [0, 0.1) is 5.82 Å². The Balaban J connectivity index is 1.82. The number of nitrogens with one attached hydrogen (secondary N) is 1. The van der Waals surface area contributed by atoms with Crippen molar-refractivity contribution in [2.24, 2.45) is 0 Å². The Labute approximate surface area is 162 Å². The van der Waals surface area contributed by atoms with Gasteiger partial charge in [0.05, 0.1) is 11.2 Å². The lowest BCUT2D eigenvalue weighted by Gasteiger charge is -2.18. The third-order valence-electron chi connectivity index (χ3n) is 4.09. The number of sulfone groups is 1. The Morgan fingerprint density at radius 2 is 1.75 bits per heavy atom. The van der Waals surface area contributed by atoms with Gasteiger partial charge >= 0.3 is 0 Å². The molecule has 3 rings (SSSR count). The zero-order valence-corrected chi connectivity index (χ0v) is 15.6. The van der Waals surface area contributed by atoms with E-state index in [1.54, 1.807) is 42.5 Å². The summed E-state index contributed by atoms with van der Waals surface area (Å²) in [4.78, 5) is 12.1. The maximum atomic E-state index is 13.2. The zero-order chi connectivity index (χ0) is 20.0. The zero-order valence-electron chi connectivity index (χ0n) is 14.8. The molecule has 1 aromatic heterocycles.